The summed E-state index contributed by atoms with van der Waals surface area (Å²) in [5.41, 5.74) is 0.913. The van der Waals surface area contributed by atoms with E-state index in [1.54, 1.807) is 24.3 Å². The van der Waals surface area contributed by atoms with E-state index in [9.17, 15) is 13.2 Å². The number of hydrogen-bond acceptors (Lipinski definition) is 3. The maximum absolute atomic E-state index is 12.6. The van der Waals surface area contributed by atoms with Gasteiger partial charge in [-0.3, -0.25) is 0 Å². The molecule has 1 aliphatic heterocycles. The van der Waals surface area contributed by atoms with E-state index in [0.717, 1.165) is 18.4 Å². The van der Waals surface area contributed by atoms with E-state index in [1.165, 1.54) is 23.6 Å². The quantitative estimate of drug-likeness (QED) is 0.707. The molecule has 0 spiro atoms. The summed E-state index contributed by atoms with van der Waals surface area (Å²) in [6, 6.07) is 7.42. The van der Waals surface area contributed by atoms with Gasteiger partial charge < -0.3 is 10.6 Å². The molecule has 8 heteroatoms. The van der Waals surface area contributed by atoms with E-state index in [-0.39, 0.29) is 23.9 Å². The van der Waals surface area contributed by atoms with Crippen molar-refractivity contribution >= 4 is 33.7 Å². The summed E-state index contributed by atoms with van der Waals surface area (Å²) < 4.78 is 26.7. The summed E-state index contributed by atoms with van der Waals surface area (Å²) in [5.74, 6) is -0.0319. The number of hydrogen-bond donors (Lipinski definition) is 2. The van der Waals surface area contributed by atoms with Gasteiger partial charge in [0.1, 0.15) is 0 Å². The first kappa shape index (κ1) is 22.1. The molecule has 1 aliphatic carbocycles. The Morgan fingerprint density at radius 2 is 1.59 bits per heavy atom. The van der Waals surface area contributed by atoms with Crippen LogP contribution >= 0.6 is 11.6 Å². The Bertz CT molecular complexity index is 797. The molecule has 29 heavy (non-hydrogen) atoms. The number of sulfonamides is 1. The summed E-state index contributed by atoms with van der Waals surface area (Å²) >= 11 is 5.85. The Hall–Kier alpha value is -1.57. The maximum Gasteiger partial charge on any atom is 0.315 e. The third-order valence-electron chi connectivity index (χ3n) is 5.61. The fourth-order valence-corrected chi connectivity index (χ4v) is 5.37. The van der Waals surface area contributed by atoms with Crippen LogP contribution in [0.5, 0.6) is 0 Å². The predicted octanol–water partition coefficient (Wildman–Crippen LogP) is 3.78. The first-order valence-electron chi connectivity index (χ1n) is 10.4. The van der Waals surface area contributed by atoms with Crippen LogP contribution in [0.3, 0.4) is 0 Å². The van der Waals surface area contributed by atoms with E-state index < -0.39 is 10.0 Å². The minimum Gasteiger partial charge on any atom is -0.335 e. The zero-order valence-corrected chi connectivity index (χ0v) is 18.2. The molecule has 1 aromatic rings. The Labute approximate surface area is 178 Å². The van der Waals surface area contributed by atoms with Crippen LogP contribution in [-0.2, 0) is 10.0 Å². The van der Waals surface area contributed by atoms with Crippen LogP contribution in [0, 0.1) is 0 Å². The summed E-state index contributed by atoms with van der Waals surface area (Å²) in [4.78, 5) is 12.2. The molecule has 1 saturated heterocycles. The van der Waals surface area contributed by atoms with Crippen LogP contribution in [-0.4, -0.2) is 49.7 Å². The van der Waals surface area contributed by atoms with Gasteiger partial charge in [-0.2, -0.15) is 0 Å². The third kappa shape index (κ3) is 7.01. The van der Waals surface area contributed by atoms with E-state index >= 15 is 0 Å². The van der Waals surface area contributed by atoms with Crippen LogP contribution < -0.4 is 10.6 Å². The molecule has 2 N–H and O–H groups in total. The molecule has 0 bridgehead atoms. The highest BCUT2D eigenvalue weighted by Crippen LogP contribution is 2.18. The normalized spacial score (nSPS) is 20.0. The molecule has 2 amide bonds. The Morgan fingerprint density at radius 1 is 1.00 bits per heavy atom. The molecular weight excluding hydrogens is 410 g/mol. The molecule has 0 aromatic heterocycles. The van der Waals surface area contributed by atoms with E-state index in [1.807, 2.05) is 12.1 Å². The van der Waals surface area contributed by atoms with Crippen LogP contribution in [0.15, 0.2) is 30.3 Å². The highest BCUT2D eigenvalue weighted by Gasteiger charge is 2.28. The van der Waals surface area contributed by atoms with Gasteiger partial charge in [0.15, 0.2) is 0 Å². The Kier molecular flexibility index (Phi) is 7.98. The van der Waals surface area contributed by atoms with E-state index in [4.69, 9.17) is 11.6 Å². The molecule has 1 heterocycles. The van der Waals surface area contributed by atoms with E-state index in [0.29, 0.717) is 31.0 Å². The van der Waals surface area contributed by atoms with Crippen molar-refractivity contribution in [3.05, 3.63) is 40.9 Å². The van der Waals surface area contributed by atoms with Gasteiger partial charge in [-0.05, 0) is 43.4 Å². The van der Waals surface area contributed by atoms with Crippen molar-refractivity contribution in [1.82, 2.24) is 14.9 Å². The number of nitrogens with one attached hydrogen (secondary N) is 2. The topological polar surface area (TPSA) is 78.5 Å². The molecule has 2 fully saturated rings. The fraction of sp³-hybridized carbons (Fsp3) is 0.571. The van der Waals surface area contributed by atoms with Crippen molar-refractivity contribution in [3.8, 4) is 0 Å². The summed E-state index contributed by atoms with van der Waals surface area (Å²) in [6.07, 6.45) is 10.4. The average molecular weight is 440 g/mol. The first-order valence-corrected chi connectivity index (χ1v) is 12.4. The predicted molar refractivity (Wildman–Crippen MR) is 117 cm³/mol. The lowest BCUT2D eigenvalue weighted by molar-refractivity contribution is 0.220. The van der Waals surface area contributed by atoms with Crippen molar-refractivity contribution in [2.24, 2.45) is 0 Å². The van der Waals surface area contributed by atoms with Gasteiger partial charge in [0.05, 0.1) is 5.75 Å². The third-order valence-corrected chi connectivity index (χ3v) is 7.63. The number of amides is 2. The molecule has 3 rings (SSSR count). The number of halogens is 1. The van der Waals surface area contributed by atoms with Gasteiger partial charge in [-0.15, -0.1) is 0 Å². The Morgan fingerprint density at radius 3 is 2.21 bits per heavy atom. The van der Waals surface area contributed by atoms with Crippen LogP contribution in [0.1, 0.15) is 50.5 Å². The van der Waals surface area contributed by atoms with Crippen LogP contribution in [0.4, 0.5) is 4.79 Å². The lowest BCUT2D eigenvalue weighted by atomic mass is 9.96. The fourth-order valence-electron chi connectivity index (χ4n) is 3.92. The highest BCUT2D eigenvalue weighted by atomic mass is 35.5. The molecule has 2 aliphatic rings. The first-order chi connectivity index (χ1) is 13.9. The molecule has 1 saturated carbocycles. The molecular formula is C21H30ClN3O3S. The van der Waals surface area contributed by atoms with Gasteiger partial charge in [0.2, 0.25) is 10.0 Å². The SMILES string of the molecule is O=C(NC1CCCCC1)NC1CCN(S(=O)(=O)CC=Cc2ccc(Cl)cc2)CC1. The van der Waals surface area contributed by atoms with Crippen molar-refractivity contribution in [2.75, 3.05) is 18.8 Å². The van der Waals surface area contributed by atoms with Gasteiger partial charge >= 0.3 is 6.03 Å². The second kappa shape index (κ2) is 10.5. The molecule has 1 aromatic carbocycles. The smallest absolute Gasteiger partial charge is 0.315 e. The summed E-state index contributed by atoms with van der Waals surface area (Å²) in [5, 5.41) is 6.72. The monoisotopic (exact) mass is 439 g/mol. The number of nitrogens with zero attached hydrogens (tertiary/aromatic N) is 1. The van der Waals surface area contributed by atoms with E-state index in [2.05, 4.69) is 10.6 Å². The number of carbonyl (C=O) groups excluding carboxylic acids is 1. The number of carbonyl (C=O) groups is 1. The zero-order chi connectivity index (χ0) is 20.7. The van der Waals surface area contributed by atoms with Crippen molar-refractivity contribution in [3.63, 3.8) is 0 Å². The summed E-state index contributed by atoms with van der Waals surface area (Å²) in [7, 11) is -3.34. The maximum atomic E-state index is 12.6. The summed E-state index contributed by atoms with van der Waals surface area (Å²) in [6.45, 7) is 0.872. The van der Waals surface area contributed by atoms with Gasteiger partial charge in [0, 0.05) is 30.2 Å². The lowest BCUT2D eigenvalue weighted by Gasteiger charge is -2.32. The average Bonchev–Trinajstić information content (AvgIpc) is 2.70. The molecule has 0 unspecified atom stereocenters. The molecule has 0 atom stereocenters. The van der Waals surface area contributed by atoms with Gasteiger partial charge in [0.25, 0.3) is 0 Å². The zero-order valence-electron chi connectivity index (χ0n) is 16.6. The molecule has 6 nitrogen and oxygen atoms in total. The molecule has 160 valence electrons. The highest BCUT2D eigenvalue weighted by molar-refractivity contribution is 7.89. The van der Waals surface area contributed by atoms with Crippen molar-refractivity contribution < 1.29 is 13.2 Å². The molecule has 0 radical (unpaired) electrons. The lowest BCUT2D eigenvalue weighted by Crippen LogP contribution is -2.51. The number of urea groups is 1. The van der Waals surface area contributed by atoms with Crippen molar-refractivity contribution in [2.45, 2.75) is 57.0 Å². The second-order valence-corrected chi connectivity index (χ2v) is 10.3. The standard InChI is InChI=1S/C21H30ClN3O3S/c22-18-10-8-17(9-11-18)5-4-16-29(27,28)25-14-12-20(13-15-25)24-21(26)23-19-6-2-1-3-7-19/h4-5,8-11,19-20H,1-3,6-7,12-16H2,(H2,23,24,26). The van der Waals surface area contributed by atoms with Crippen molar-refractivity contribution in [1.29, 1.82) is 0 Å². The number of piperidine rings is 1. The Balaban J connectivity index is 1.41. The number of rotatable bonds is 6. The largest absolute Gasteiger partial charge is 0.335 e. The van der Waals surface area contributed by atoms with Gasteiger partial charge in [-0.1, -0.05) is 55.1 Å². The minimum atomic E-state index is -3.34. The van der Waals surface area contributed by atoms with Crippen LogP contribution in [0.25, 0.3) is 6.08 Å². The minimum absolute atomic E-state index is 0.0228. The van der Waals surface area contributed by atoms with Crippen LogP contribution in [0.2, 0.25) is 5.02 Å². The van der Waals surface area contributed by atoms with Gasteiger partial charge in [-0.25, -0.2) is 17.5 Å². The number of benzene rings is 1. The second-order valence-electron chi connectivity index (χ2n) is 7.86.